The molecular formula is C32H27N3O3S2. The maximum Gasteiger partial charge on any atom is 0.255 e. The molecule has 40 heavy (non-hydrogen) atoms. The number of amides is 2. The Morgan fingerprint density at radius 2 is 1.68 bits per heavy atom. The minimum absolute atomic E-state index is 0.182. The molecule has 4 aromatic carbocycles. The van der Waals surface area contributed by atoms with Gasteiger partial charge in [0, 0.05) is 27.1 Å². The number of thiazole rings is 1. The summed E-state index contributed by atoms with van der Waals surface area (Å²) < 4.78 is 5.32. The first-order valence-corrected chi connectivity index (χ1v) is 14.3. The summed E-state index contributed by atoms with van der Waals surface area (Å²) in [6.07, 6.45) is 0. The van der Waals surface area contributed by atoms with Crippen molar-refractivity contribution in [3.8, 4) is 17.0 Å². The molecular weight excluding hydrogens is 539 g/mol. The molecule has 0 bridgehead atoms. The molecule has 0 spiro atoms. The number of methoxy groups -OCH3 is 1. The lowest BCUT2D eigenvalue weighted by molar-refractivity contribution is -0.115. The van der Waals surface area contributed by atoms with Crippen molar-refractivity contribution >= 4 is 45.7 Å². The largest absolute Gasteiger partial charge is 0.497 e. The molecule has 200 valence electrons. The zero-order chi connectivity index (χ0) is 27.9. The molecule has 0 aliphatic carbocycles. The Kier molecular flexibility index (Phi) is 8.59. The van der Waals surface area contributed by atoms with Crippen LogP contribution in [0.15, 0.2) is 113 Å². The summed E-state index contributed by atoms with van der Waals surface area (Å²) in [5, 5.41) is 7.86. The second-order valence-corrected chi connectivity index (χ2v) is 11.1. The van der Waals surface area contributed by atoms with E-state index in [2.05, 4.69) is 15.6 Å². The fourth-order valence-corrected chi connectivity index (χ4v) is 5.90. The molecule has 0 fully saturated rings. The molecule has 5 aromatic rings. The van der Waals surface area contributed by atoms with Gasteiger partial charge in [-0.25, -0.2) is 4.98 Å². The molecule has 0 saturated heterocycles. The number of ether oxygens (including phenoxy) is 1. The average molecular weight is 566 g/mol. The Labute approximate surface area is 241 Å². The van der Waals surface area contributed by atoms with Gasteiger partial charge >= 0.3 is 0 Å². The van der Waals surface area contributed by atoms with E-state index in [1.54, 1.807) is 13.2 Å². The first kappa shape index (κ1) is 27.2. The maximum atomic E-state index is 13.6. The number of benzene rings is 4. The van der Waals surface area contributed by atoms with Crippen LogP contribution in [0.4, 0.5) is 10.8 Å². The molecule has 1 aromatic heterocycles. The summed E-state index contributed by atoms with van der Waals surface area (Å²) in [6.45, 7) is 1.95. The molecule has 1 unspecified atom stereocenters. The number of hydrogen-bond donors (Lipinski definition) is 2. The highest BCUT2D eigenvalue weighted by Crippen LogP contribution is 2.38. The van der Waals surface area contributed by atoms with Crippen molar-refractivity contribution in [2.24, 2.45) is 0 Å². The number of carbonyl (C=O) groups is 2. The zero-order valence-electron chi connectivity index (χ0n) is 22.0. The summed E-state index contributed by atoms with van der Waals surface area (Å²) in [7, 11) is 1.63. The first-order chi connectivity index (χ1) is 19.5. The lowest BCUT2D eigenvalue weighted by atomic mass is 10.1. The predicted molar refractivity (Wildman–Crippen MR) is 163 cm³/mol. The van der Waals surface area contributed by atoms with Crippen molar-refractivity contribution in [2.45, 2.75) is 17.1 Å². The number of hydrogen-bond acceptors (Lipinski definition) is 6. The summed E-state index contributed by atoms with van der Waals surface area (Å²) in [6, 6.07) is 32.2. The van der Waals surface area contributed by atoms with Gasteiger partial charge in [0.2, 0.25) is 5.91 Å². The van der Waals surface area contributed by atoms with Crippen molar-refractivity contribution in [2.75, 3.05) is 17.7 Å². The summed E-state index contributed by atoms with van der Waals surface area (Å²) >= 11 is 2.79. The van der Waals surface area contributed by atoms with E-state index in [-0.39, 0.29) is 11.8 Å². The predicted octanol–water partition coefficient (Wildman–Crippen LogP) is 7.85. The van der Waals surface area contributed by atoms with Crippen molar-refractivity contribution in [3.63, 3.8) is 0 Å². The van der Waals surface area contributed by atoms with E-state index in [4.69, 9.17) is 4.74 Å². The minimum atomic E-state index is -0.534. The van der Waals surface area contributed by atoms with Gasteiger partial charge in [-0.3, -0.25) is 9.59 Å². The number of thioether (sulfide) groups is 1. The standard InChI is InChI=1S/C32H27N3O3S2/c1-21-9-6-13-24(17-21)30(36)33-25-14-8-16-27(19-25)40-29(22-10-4-3-5-11-22)31(37)35-32-34-28(20-39-32)23-12-7-15-26(18-23)38-2/h3-20,29H,1-2H3,(H,33,36)(H,34,35,37). The van der Waals surface area contributed by atoms with E-state index in [0.29, 0.717) is 16.4 Å². The Bertz CT molecular complexity index is 1640. The number of rotatable bonds is 9. The normalized spacial score (nSPS) is 11.4. The number of aryl methyl sites for hydroxylation is 1. The lowest BCUT2D eigenvalue weighted by Gasteiger charge is -2.17. The molecule has 0 aliphatic heterocycles. The van der Waals surface area contributed by atoms with Gasteiger partial charge in [0.1, 0.15) is 11.0 Å². The van der Waals surface area contributed by atoms with Crippen LogP contribution in [0, 0.1) is 6.92 Å². The second kappa shape index (κ2) is 12.6. The molecule has 1 atom stereocenters. The number of anilines is 2. The Morgan fingerprint density at radius 3 is 2.48 bits per heavy atom. The Hall–Kier alpha value is -4.40. The molecule has 8 heteroatoms. The number of aromatic nitrogens is 1. The minimum Gasteiger partial charge on any atom is -0.497 e. The number of carbonyl (C=O) groups excluding carboxylic acids is 2. The molecule has 0 saturated carbocycles. The van der Waals surface area contributed by atoms with Crippen molar-refractivity contribution in [1.29, 1.82) is 0 Å². The van der Waals surface area contributed by atoms with Crippen LogP contribution in [-0.4, -0.2) is 23.9 Å². The smallest absolute Gasteiger partial charge is 0.255 e. The van der Waals surface area contributed by atoms with E-state index in [1.165, 1.54) is 23.1 Å². The Balaban J connectivity index is 1.33. The second-order valence-electron chi connectivity index (χ2n) is 9.02. The van der Waals surface area contributed by atoms with Crippen LogP contribution in [0.5, 0.6) is 5.75 Å². The summed E-state index contributed by atoms with van der Waals surface area (Å²) in [4.78, 5) is 31.9. The topological polar surface area (TPSA) is 80.3 Å². The lowest BCUT2D eigenvalue weighted by Crippen LogP contribution is -2.19. The molecule has 5 rings (SSSR count). The first-order valence-electron chi connectivity index (χ1n) is 12.6. The maximum absolute atomic E-state index is 13.6. The monoisotopic (exact) mass is 565 g/mol. The highest BCUT2D eigenvalue weighted by atomic mass is 32.2. The molecule has 2 N–H and O–H groups in total. The van der Waals surface area contributed by atoms with E-state index in [0.717, 1.165) is 33.0 Å². The average Bonchev–Trinajstić information content (AvgIpc) is 3.45. The van der Waals surface area contributed by atoms with Crippen LogP contribution in [-0.2, 0) is 4.79 Å². The highest BCUT2D eigenvalue weighted by molar-refractivity contribution is 8.00. The quantitative estimate of drug-likeness (QED) is 0.178. The number of nitrogens with zero attached hydrogens (tertiary/aromatic N) is 1. The van der Waals surface area contributed by atoms with E-state index < -0.39 is 5.25 Å². The van der Waals surface area contributed by atoms with Gasteiger partial charge in [0.15, 0.2) is 5.13 Å². The van der Waals surface area contributed by atoms with E-state index in [9.17, 15) is 9.59 Å². The van der Waals surface area contributed by atoms with Crippen LogP contribution in [0.3, 0.4) is 0 Å². The third-order valence-corrected chi connectivity index (χ3v) is 8.07. The molecule has 6 nitrogen and oxygen atoms in total. The van der Waals surface area contributed by atoms with Gasteiger partial charge in [0.25, 0.3) is 5.91 Å². The third kappa shape index (κ3) is 6.77. The number of nitrogens with one attached hydrogen (secondary N) is 2. The van der Waals surface area contributed by atoms with Crippen LogP contribution >= 0.6 is 23.1 Å². The molecule has 0 radical (unpaired) electrons. The van der Waals surface area contributed by atoms with Gasteiger partial charge in [-0.15, -0.1) is 23.1 Å². The van der Waals surface area contributed by atoms with E-state index in [1.807, 2.05) is 109 Å². The van der Waals surface area contributed by atoms with Gasteiger partial charge in [0.05, 0.1) is 12.8 Å². The Morgan fingerprint density at radius 1 is 0.875 bits per heavy atom. The van der Waals surface area contributed by atoms with Crippen LogP contribution in [0.1, 0.15) is 26.7 Å². The van der Waals surface area contributed by atoms with Gasteiger partial charge in [-0.1, -0.05) is 66.2 Å². The van der Waals surface area contributed by atoms with E-state index >= 15 is 0 Å². The highest BCUT2D eigenvalue weighted by Gasteiger charge is 2.23. The van der Waals surface area contributed by atoms with Gasteiger partial charge in [-0.2, -0.15) is 0 Å². The van der Waals surface area contributed by atoms with Crippen LogP contribution in [0.25, 0.3) is 11.3 Å². The molecule has 2 amide bonds. The van der Waals surface area contributed by atoms with Crippen LogP contribution < -0.4 is 15.4 Å². The summed E-state index contributed by atoms with van der Waals surface area (Å²) in [5.41, 5.74) is 4.81. The fraction of sp³-hybridized carbons (Fsp3) is 0.0938. The van der Waals surface area contributed by atoms with Gasteiger partial charge in [-0.05, 0) is 55.0 Å². The van der Waals surface area contributed by atoms with Crippen molar-refractivity contribution in [1.82, 2.24) is 4.98 Å². The molecule has 0 aliphatic rings. The SMILES string of the molecule is COc1cccc(-c2csc(NC(=O)C(Sc3cccc(NC(=O)c4cccc(C)c4)c3)c3ccccc3)n2)c1. The van der Waals surface area contributed by atoms with Gasteiger partial charge < -0.3 is 15.4 Å². The summed E-state index contributed by atoms with van der Waals surface area (Å²) in [5.74, 6) is 0.379. The third-order valence-electron chi connectivity index (χ3n) is 6.07. The zero-order valence-corrected chi connectivity index (χ0v) is 23.6. The fourth-order valence-electron chi connectivity index (χ4n) is 4.09. The van der Waals surface area contributed by atoms with Crippen LogP contribution in [0.2, 0.25) is 0 Å². The van der Waals surface area contributed by atoms with Crippen molar-refractivity contribution < 1.29 is 14.3 Å². The van der Waals surface area contributed by atoms with Crippen molar-refractivity contribution in [3.05, 3.63) is 125 Å². The molecule has 1 heterocycles.